The number of amides is 3. The molecule has 166 valence electrons. The Balaban J connectivity index is 1.94. The van der Waals surface area contributed by atoms with Gasteiger partial charge in [-0.3, -0.25) is 14.0 Å². The molecule has 0 spiro atoms. The summed E-state index contributed by atoms with van der Waals surface area (Å²) in [5.74, 6) is -0.198. The summed E-state index contributed by atoms with van der Waals surface area (Å²) in [6.45, 7) is 2.36. The number of β-amino-alcohol motifs (C(OH)–C–C–N with tert-alkyl or cyclic N) is 1. The fourth-order valence-corrected chi connectivity index (χ4v) is 4.86. The number of carbonyl (C=O) groups is 2. The summed E-state index contributed by atoms with van der Waals surface area (Å²) >= 11 is 0. The van der Waals surface area contributed by atoms with Gasteiger partial charge in [-0.25, -0.2) is 13.2 Å². The van der Waals surface area contributed by atoms with Gasteiger partial charge in [-0.1, -0.05) is 30.3 Å². The predicted molar refractivity (Wildman–Crippen MR) is 114 cm³/mol. The third kappa shape index (κ3) is 4.49. The first kappa shape index (κ1) is 22.6. The number of benzene rings is 2. The van der Waals surface area contributed by atoms with Crippen molar-refractivity contribution >= 4 is 27.6 Å². The van der Waals surface area contributed by atoms with Gasteiger partial charge in [0.15, 0.2) is 0 Å². The van der Waals surface area contributed by atoms with Crippen LogP contribution in [0, 0.1) is 0 Å². The number of hydrogen-bond acceptors (Lipinski definition) is 6. The van der Waals surface area contributed by atoms with Crippen LogP contribution < -0.4 is 14.4 Å². The van der Waals surface area contributed by atoms with E-state index in [-0.39, 0.29) is 17.1 Å². The lowest BCUT2D eigenvalue weighted by Crippen LogP contribution is -2.45. The van der Waals surface area contributed by atoms with Gasteiger partial charge in [0, 0.05) is 0 Å². The molecule has 0 bridgehead atoms. The summed E-state index contributed by atoms with van der Waals surface area (Å²) in [6.07, 6.45) is -1.34. The van der Waals surface area contributed by atoms with Crippen LogP contribution in [0.4, 0.5) is 10.5 Å². The molecule has 0 aliphatic carbocycles. The average molecular weight is 448 g/mol. The SMILES string of the molecule is COc1ccccc1N(CC(O)CN1C(=O)NC(C)(C)C1=O)S(=O)(=O)c1ccccc1. The molecule has 31 heavy (non-hydrogen) atoms. The zero-order chi connectivity index (χ0) is 22.8. The van der Waals surface area contributed by atoms with E-state index in [1.54, 1.807) is 56.3 Å². The smallest absolute Gasteiger partial charge is 0.325 e. The maximum absolute atomic E-state index is 13.4. The monoisotopic (exact) mass is 447 g/mol. The summed E-state index contributed by atoms with van der Waals surface area (Å²) < 4.78 is 33.2. The van der Waals surface area contributed by atoms with Crippen LogP contribution in [0.2, 0.25) is 0 Å². The molecule has 1 saturated heterocycles. The first-order valence-electron chi connectivity index (χ1n) is 9.61. The van der Waals surface area contributed by atoms with Gasteiger partial charge < -0.3 is 15.2 Å². The Morgan fingerprint density at radius 3 is 2.29 bits per heavy atom. The van der Waals surface area contributed by atoms with Crippen LogP contribution in [0.5, 0.6) is 5.75 Å². The summed E-state index contributed by atoms with van der Waals surface area (Å²) in [5.41, 5.74) is -0.861. The first-order valence-corrected chi connectivity index (χ1v) is 11.0. The highest BCUT2D eigenvalue weighted by Crippen LogP contribution is 2.32. The van der Waals surface area contributed by atoms with Crippen LogP contribution in [-0.4, -0.2) is 62.2 Å². The van der Waals surface area contributed by atoms with Crippen molar-refractivity contribution in [3.05, 3.63) is 54.6 Å². The Hall–Kier alpha value is -3.11. The third-order valence-electron chi connectivity index (χ3n) is 4.90. The van der Waals surface area contributed by atoms with Gasteiger partial charge >= 0.3 is 6.03 Å². The number of nitrogens with zero attached hydrogens (tertiary/aromatic N) is 2. The maximum atomic E-state index is 13.4. The fourth-order valence-electron chi connectivity index (χ4n) is 3.33. The van der Waals surface area contributed by atoms with Gasteiger partial charge in [0.1, 0.15) is 11.3 Å². The molecule has 2 aromatic carbocycles. The lowest BCUT2D eigenvalue weighted by atomic mass is 10.1. The largest absolute Gasteiger partial charge is 0.495 e. The first-order chi connectivity index (χ1) is 14.6. The second-order valence-corrected chi connectivity index (χ2v) is 9.51. The number of hydrogen-bond donors (Lipinski definition) is 2. The molecular formula is C21H25N3O6S. The zero-order valence-electron chi connectivity index (χ0n) is 17.5. The van der Waals surface area contributed by atoms with E-state index in [4.69, 9.17) is 4.74 Å². The molecule has 1 aliphatic heterocycles. The normalized spacial score (nSPS) is 16.7. The van der Waals surface area contributed by atoms with Crippen molar-refractivity contribution in [1.82, 2.24) is 10.2 Å². The van der Waals surface area contributed by atoms with Crippen LogP contribution in [-0.2, 0) is 14.8 Å². The van der Waals surface area contributed by atoms with E-state index in [0.717, 1.165) is 9.21 Å². The molecule has 3 amide bonds. The number of rotatable bonds is 8. The number of sulfonamides is 1. The number of methoxy groups -OCH3 is 1. The van der Waals surface area contributed by atoms with Crippen LogP contribution >= 0.6 is 0 Å². The molecule has 0 saturated carbocycles. The molecule has 2 aromatic rings. The molecule has 1 fully saturated rings. The highest BCUT2D eigenvalue weighted by atomic mass is 32.2. The maximum Gasteiger partial charge on any atom is 0.325 e. The van der Waals surface area contributed by atoms with Gasteiger partial charge in [-0.05, 0) is 38.1 Å². The van der Waals surface area contributed by atoms with E-state index in [2.05, 4.69) is 5.32 Å². The highest BCUT2D eigenvalue weighted by molar-refractivity contribution is 7.92. The molecule has 0 aromatic heterocycles. The molecule has 0 radical (unpaired) electrons. The number of nitrogens with one attached hydrogen (secondary N) is 1. The predicted octanol–water partition coefficient (Wildman–Crippen LogP) is 1.58. The second-order valence-electron chi connectivity index (χ2n) is 7.65. The second kappa shape index (κ2) is 8.56. The minimum atomic E-state index is -4.08. The number of ether oxygens (including phenoxy) is 1. The Labute approximate surface area is 181 Å². The van der Waals surface area contributed by atoms with Crippen molar-refractivity contribution in [2.24, 2.45) is 0 Å². The van der Waals surface area contributed by atoms with Gasteiger partial charge in [0.05, 0.1) is 36.9 Å². The zero-order valence-corrected chi connectivity index (χ0v) is 18.3. The van der Waals surface area contributed by atoms with Gasteiger partial charge in [-0.2, -0.15) is 0 Å². The van der Waals surface area contributed by atoms with Gasteiger partial charge in [0.25, 0.3) is 15.9 Å². The number of anilines is 1. The highest BCUT2D eigenvalue weighted by Gasteiger charge is 2.45. The summed E-state index contributed by atoms with van der Waals surface area (Å²) in [4.78, 5) is 25.5. The summed E-state index contributed by atoms with van der Waals surface area (Å²) in [6, 6.07) is 13.7. The summed E-state index contributed by atoms with van der Waals surface area (Å²) in [5, 5.41) is 13.2. The Kier molecular flexibility index (Phi) is 6.23. The molecule has 1 atom stereocenters. The van der Waals surface area contributed by atoms with Crippen molar-refractivity contribution in [3.63, 3.8) is 0 Å². The van der Waals surface area contributed by atoms with Gasteiger partial charge in [-0.15, -0.1) is 0 Å². The van der Waals surface area contributed by atoms with Crippen LogP contribution in [0.25, 0.3) is 0 Å². The molecule has 3 rings (SSSR count). The van der Waals surface area contributed by atoms with Crippen molar-refractivity contribution in [2.75, 3.05) is 24.5 Å². The molecule has 2 N–H and O–H groups in total. The van der Waals surface area contributed by atoms with Crippen LogP contribution in [0.3, 0.4) is 0 Å². The van der Waals surface area contributed by atoms with Crippen molar-refractivity contribution in [3.8, 4) is 5.75 Å². The number of carbonyl (C=O) groups excluding carboxylic acids is 2. The number of urea groups is 1. The van der Waals surface area contributed by atoms with E-state index in [0.29, 0.717) is 5.75 Å². The topological polar surface area (TPSA) is 116 Å². The van der Waals surface area contributed by atoms with E-state index in [1.807, 2.05) is 0 Å². The molecule has 1 aliphatic rings. The van der Waals surface area contributed by atoms with E-state index >= 15 is 0 Å². The molecule has 9 nitrogen and oxygen atoms in total. The molecule has 10 heteroatoms. The van der Waals surface area contributed by atoms with Crippen molar-refractivity contribution in [2.45, 2.75) is 30.4 Å². The summed E-state index contributed by atoms with van der Waals surface area (Å²) in [7, 11) is -2.66. The quantitative estimate of drug-likeness (QED) is 0.594. The van der Waals surface area contributed by atoms with Crippen LogP contribution in [0.1, 0.15) is 13.8 Å². The van der Waals surface area contributed by atoms with Crippen LogP contribution in [0.15, 0.2) is 59.5 Å². The standard InChI is InChI=1S/C21H25N3O6S/c1-21(2)19(26)23(20(27)22-21)13-15(25)14-24(17-11-7-8-12-18(17)30-3)31(28,29)16-9-5-4-6-10-16/h4-12,15,25H,13-14H2,1-3H3,(H,22,27). The fraction of sp³-hybridized carbons (Fsp3) is 0.333. The number of para-hydroxylation sites is 2. The van der Waals surface area contributed by atoms with Crippen molar-refractivity contribution < 1.29 is 27.9 Å². The lowest BCUT2D eigenvalue weighted by Gasteiger charge is -2.29. The third-order valence-corrected chi connectivity index (χ3v) is 6.69. The van der Waals surface area contributed by atoms with E-state index in [1.165, 1.54) is 19.2 Å². The number of aliphatic hydroxyl groups is 1. The van der Waals surface area contributed by atoms with E-state index in [9.17, 15) is 23.1 Å². The minimum absolute atomic E-state index is 0.0317. The number of imide groups is 1. The van der Waals surface area contributed by atoms with Gasteiger partial charge in [0.2, 0.25) is 0 Å². The molecular weight excluding hydrogens is 422 g/mol. The average Bonchev–Trinajstić information content (AvgIpc) is 2.94. The Morgan fingerprint density at radius 2 is 1.71 bits per heavy atom. The van der Waals surface area contributed by atoms with E-state index < -0.39 is 40.1 Å². The van der Waals surface area contributed by atoms with Crippen molar-refractivity contribution in [1.29, 1.82) is 0 Å². The lowest BCUT2D eigenvalue weighted by molar-refractivity contribution is -0.131. The molecule has 1 heterocycles. The Bertz CT molecular complexity index is 1070. The molecule has 1 unspecified atom stereocenters. The minimum Gasteiger partial charge on any atom is -0.495 e. The number of aliphatic hydroxyl groups excluding tert-OH is 1. The Morgan fingerprint density at radius 1 is 1.10 bits per heavy atom.